The topological polar surface area (TPSA) is 55.1 Å². The van der Waals surface area contributed by atoms with Crippen molar-refractivity contribution in [2.75, 3.05) is 5.73 Å². The zero-order chi connectivity index (χ0) is 14.5. The number of benzene rings is 2. The van der Waals surface area contributed by atoms with Crippen LogP contribution in [0.3, 0.4) is 0 Å². The van der Waals surface area contributed by atoms with Crippen LogP contribution in [0.25, 0.3) is 0 Å². The molecule has 0 aliphatic heterocycles. The Bertz CT molecular complexity index is 596. The zero-order valence-electron chi connectivity index (χ0n) is 11.3. The van der Waals surface area contributed by atoms with Crippen molar-refractivity contribution >= 4 is 23.2 Å². The molecule has 1 atom stereocenters. The van der Waals surface area contributed by atoms with Crippen LogP contribution >= 0.6 is 11.6 Å². The molecule has 0 spiro atoms. The zero-order valence-corrected chi connectivity index (χ0v) is 12.0. The summed E-state index contributed by atoms with van der Waals surface area (Å²) >= 11 is 6.11. The molecule has 104 valence electrons. The lowest BCUT2D eigenvalue weighted by Gasteiger charge is -2.15. The second-order valence-electron chi connectivity index (χ2n) is 4.79. The number of nitrogens with one attached hydrogen (secondary N) is 1. The lowest BCUT2D eigenvalue weighted by Crippen LogP contribution is -2.34. The monoisotopic (exact) mass is 288 g/mol. The number of carbonyl (C=O) groups is 1. The fourth-order valence-corrected chi connectivity index (χ4v) is 2.20. The van der Waals surface area contributed by atoms with E-state index in [2.05, 4.69) is 5.32 Å². The van der Waals surface area contributed by atoms with Crippen LogP contribution < -0.4 is 11.1 Å². The molecule has 0 bridgehead atoms. The van der Waals surface area contributed by atoms with Crippen LogP contribution in [0.15, 0.2) is 48.5 Å². The van der Waals surface area contributed by atoms with Crippen molar-refractivity contribution in [1.82, 2.24) is 5.32 Å². The molecule has 0 saturated heterocycles. The molecule has 1 amide bonds. The van der Waals surface area contributed by atoms with Crippen LogP contribution in [0.2, 0.25) is 5.02 Å². The van der Waals surface area contributed by atoms with Gasteiger partial charge in [0.1, 0.15) is 0 Å². The first-order chi connectivity index (χ1) is 9.56. The average Bonchev–Trinajstić information content (AvgIpc) is 2.42. The predicted octanol–water partition coefficient (Wildman–Crippen LogP) is 3.28. The van der Waals surface area contributed by atoms with E-state index in [1.807, 2.05) is 31.2 Å². The summed E-state index contributed by atoms with van der Waals surface area (Å²) in [5.41, 5.74) is 7.87. The second kappa shape index (κ2) is 6.44. The van der Waals surface area contributed by atoms with E-state index in [0.29, 0.717) is 17.7 Å². The Hall–Kier alpha value is -2.00. The van der Waals surface area contributed by atoms with E-state index in [-0.39, 0.29) is 11.9 Å². The molecule has 0 aromatic heterocycles. The average molecular weight is 289 g/mol. The standard InChI is InChI=1S/C16H17ClN2O/c1-11(10-13-4-2-3-5-15(13)17)19-16(20)12-6-8-14(18)9-7-12/h2-9,11H,10,18H2,1H3,(H,19,20). The van der Waals surface area contributed by atoms with Crippen LogP contribution in [0.4, 0.5) is 5.69 Å². The molecule has 2 aromatic rings. The number of rotatable bonds is 4. The van der Waals surface area contributed by atoms with Gasteiger partial charge < -0.3 is 11.1 Å². The number of anilines is 1. The maximum Gasteiger partial charge on any atom is 0.251 e. The molecule has 4 heteroatoms. The van der Waals surface area contributed by atoms with Crippen LogP contribution in [0, 0.1) is 0 Å². The first-order valence-corrected chi connectivity index (χ1v) is 6.84. The number of carbonyl (C=O) groups excluding carboxylic acids is 1. The molecule has 1 unspecified atom stereocenters. The van der Waals surface area contributed by atoms with Crippen molar-refractivity contribution < 1.29 is 4.79 Å². The van der Waals surface area contributed by atoms with Gasteiger partial charge in [0.25, 0.3) is 5.91 Å². The van der Waals surface area contributed by atoms with Gasteiger partial charge in [-0.1, -0.05) is 29.8 Å². The summed E-state index contributed by atoms with van der Waals surface area (Å²) in [5, 5.41) is 3.68. The Kier molecular flexibility index (Phi) is 4.64. The van der Waals surface area contributed by atoms with Gasteiger partial charge in [-0.2, -0.15) is 0 Å². The summed E-state index contributed by atoms with van der Waals surface area (Å²) in [6.45, 7) is 1.96. The molecule has 0 fully saturated rings. The van der Waals surface area contributed by atoms with Crippen molar-refractivity contribution in [2.24, 2.45) is 0 Å². The van der Waals surface area contributed by atoms with E-state index in [1.54, 1.807) is 24.3 Å². The molecule has 3 N–H and O–H groups in total. The minimum absolute atomic E-state index is 0.0000435. The molecule has 0 aliphatic carbocycles. The van der Waals surface area contributed by atoms with Crippen LogP contribution in [0.1, 0.15) is 22.8 Å². The summed E-state index contributed by atoms with van der Waals surface area (Å²) in [7, 11) is 0. The van der Waals surface area contributed by atoms with Gasteiger partial charge in [0.05, 0.1) is 0 Å². The smallest absolute Gasteiger partial charge is 0.251 e. The van der Waals surface area contributed by atoms with E-state index in [9.17, 15) is 4.79 Å². The van der Waals surface area contributed by atoms with Gasteiger partial charge in [-0.15, -0.1) is 0 Å². The first-order valence-electron chi connectivity index (χ1n) is 6.46. The summed E-state index contributed by atoms with van der Waals surface area (Å²) in [4.78, 5) is 12.1. The highest BCUT2D eigenvalue weighted by Gasteiger charge is 2.11. The normalized spacial score (nSPS) is 11.9. The lowest BCUT2D eigenvalue weighted by molar-refractivity contribution is 0.0940. The summed E-state index contributed by atoms with van der Waals surface area (Å²) < 4.78 is 0. The molecule has 2 rings (SSSR count). The Morgan fingerprint density at radius 1 is 1.20 bits per heavy atom. The van der Waals surface area contributed by atoms with Gasteiger partial charge in [0.2, 0.25) is 0 Å². The maximum atomic E-state index is 12.1. The summed E-state index contributed by atoms with van der Waals surface area (Å²) in [6.07, 6.45) is 0.695. The number of hydrogen-bond donors (Lipinski definition) is 2. The Balaban J connectivity index is 1.98. The number of hydrogen-bond acceptors (Lipinski definition) is 2. The summed E-state index contributed by atoms with van der Waals surface area (Å²) in [5.74, 6) is -0.107. The van der Waals surface area contributed by atoms with Crippen LogP contribution in [0.5, 0.6) is 0 Å². The Morgan fingerprint density at radius 2 is 1.85 bits per heavy atom. The molecule has 0 saturated carbocycles. The van der Waals surface area contributed by atoms with E-state index in [4.69, 9.17) is 17.3 Å². The van der Waals surface area contributed by atoms with Gasteiger partial charge >= 0.3 is 0 Å². The molecule has 3 nitrogen and oxygen atoms in total. The van der Waals surface area contributed by atoms with Crippen molar-refractivity contribution in [2.45, 2.75) is 19.4 Å². The third kappa shape index (κ3) is 3.75. The van der Waals surface area contributed by atoms with Crippen molar-refractivity contribution in [1.29, 1.82) is 0 Å². The highest BCUT2D eigenvalue weighted by molar-refractivity contribution is 6.31. The largest absolute Gasteiger partial charge is 0.399 e. The lowest BCUT2D eigenvalue weighted by atomic mass is 10.1. The SMILES string of the molecule is CC(Cc1ccccc1Cl)NC(=O)c1ccc(N)cc1. The van der Waals surface area contributed by atoms with Crippen molar-refractivity contribution in [3.63, 3.8) is 0 Å². The fraction of sp³-hybridized carbons (Fsp3) is 0.188. The Morgan fingerprint density at radius 3 is 2.50 bits per heavy atom. The van der Waals surface area contributed by atoms with E-state index >= 15 is 0 Å². The Labute approximate surface area is 123 Å². The van der Waals surface area contributed by atoms with Gasteiger partial charge in [0, 0.05) is 22.3 Å². The van der Waals surface area contributed by atoms with E-state index in [1.165, 1.54) is 0 Å². The molecule has 20 heavy (non-hydrogen) atoms. The molecule has 2 aromatic carbocycles. The minimum atomic E-state index is -0.107. The van der Waals surface area contributed by atoms with Gasteiger partial charge in [-0.05, 0) is 49.2 Å². The van der Waals surface area contributed by atoms with Gasteiger partial charge in [-0.3, -0.25) is 4.79 Å². The van der Waals surface area contributed by atoms with Crippen LogP contribution in [-0.2, 0) is 6.42 Å². The third-order valence-electron chi connectivity index (χ3n) is 3.03. The van der Waals surface area contributed by atoms with E-state index in [0.717, 1.165) is 10.6 Å². The maximum absolute atomic E-state index is 12.1. The van der Waals surface area contributed by atoms with E-state index < -0.39 is 0 Å². The first kappa shape index (κ1) is 14.4. The van der Waals surface area contributed by atoms with Crippen molar-refractivity contribution in [3.8, 4) is 0 Å². The molecular weight excluding hydrogens is 272 g/mol. The quantitative estimate of drug-likeness (QED) is 0.848. The number of nitrogen functional groups attached to an aromatic ring is 1. The minimum Gasteiger partial charge on any atom is -0.399 e. The molecular formula is C16H17ClN2O. The number of amides is 1. The molecule has 0 heterocycles. The summed E-state index contributed by atoms with van der Waals surface area (Å²) in [6, 6.07) is 14.5. The predicted molar refractivity (Wildman–Crippen MR) is 82.9 cm³/mol. The van der Waals surface area contributed by atoms with Gasteiger partial charge in [0.15, 0.2) is 0 Å². The van der Waals surface area contributed by atoms with Crippen molar-refractivity contribution in [3.05, 3.63) is 64.7 Å². The number of halogens is 1. The highest BCUT2D eigenvalue weighted by atomic mass is 35.5. The van der Waals surface area contributed by atoms with Crippen LogP contribution in [-0.4, -0.2) is 11.9 Å². The highest BCUT2D eigenvalue weighted by Crippen LogP contribution is 2.16. The molecule has 0 aliphatic rings. The third-order valence-corrected chi connectivity index (χ3v) is 3.40. The molecule has 0 radical (unpaired) electrons. The van der Waals surface area contributed by atoms with Gasteiger partial charge in [-0.25, -0.2) is 0 Å². The fourth-order valence-electron chi connectivity index (χ4n) is 1.99. The second-order valence-corrected chi connectivity index (χ2v) is 5.20. The number of nitrogens with two attached hydrogens (primary N) is 1.